The van der Waals surface area contributed by atoms with E-state index in [0.29, 0.717) is 29.4 Å². The molecule has 0 fully saturated rings. The minimum absolute atomic E-state index is 0.0756. The maximum atomic E-state index is 12.1. The number of benzene rings is 2. The molecule has 2 rings (SSSR count). The molecular formula is C19H21N3O4. The van der Waals surface area contributed by atoms with Crippen LogP contribution in [0.25, 0.3) is 0 Å². The molecule has 0 radical (unpaired) electrons. The Balaban J connectivity index is 1.93. The molecule has 7 nitrogen and oxygen atoms in total. The lowest BCUT2D eigenvalue weighted by molar-refractivity contribution is -0.385. The number of hydrogen-bond acceptors (Lipinski definition) is 5. The van der Waals surface area contributed by atoms with Crippen molar-refractivity contribution in [2.24, 2.45) is 11.0 Å². The van der Waals surface area contributed by atoms with Gasteiger partial charge in [0.2, 0.25) is 0 Å². The van der Waals surface area contributed by atoms with Crippen molar-refractivity contribution in [3.8, 4) is 5.75 Å². The number of amides is 1. The molecule has 0 atom stereocenters. The van der Waals surface area contributed by atoms with Gasteiger partial charge >= 0.3 is 0 Å². The van der Waals surface area contributed by atoms with E-state index in [1.807, 2.05) is 0 Å². The molecule has 0 saturated heterocycles. The lowest BCUT2D eigenvalue weighted by Gasteiger charge is -2.08. The van der Waals surface area contributed by atoms with Crippen molar-refractivity contribution in [2.75, 3.05) is 6.61 Å². The zero-order valence-corrected chi connectivity index (χ0v) is 14.7. The zero-order chi connectivity index (χ0) is 18.9. The first-order valence-corrected chi connectivity index (χ1v) is 8.27. The summed E-state index contributed by atoms with van der Waals surface area (Å²) in [6.07, 6.45) is 2.21. The van der Waals surface area contributed by atoms with E-state index in [2.05, 4.69) is 24.4 Å². The Labute approximate surface area is 151 Å². The number of nitro benzene ring substituents is 1. The molecule has 0 aliphatic heterocycles. The van der Waals surface area contributed by atoms with Gasteiger partial charge in [0.15, 0.2) is 0 Å². The van der Waals surface area contributed by atoms with Crippen molar-refractivity contribution >= 4 is 17.8 Å². The van der Waals surface area contributed by atoms with Gasteiger partial charge in [-0.25, -0.2) is 5.43 Å². The molecule has 0 saturated carbocycles. The van der Waals surface area contributed by atoms with Crippen LogP contribution in [-0.4, -0.2) is 23.7 Å². The summed E-state index contributed by atoms with van der Waals surface area (Å²) in [4.78, 5) is 22.5. The number of rotatable bonds is 8. The van der Waals surface area contributed by atoms with Crippen molar-refractivity contribution in [1.29, 1.82) is 0 Å². The van der Waals surface area contributed by atoms with Gasteiger partial charge in [-0.15, -0.1) is 0 Å². The van der Waals surface area contributed by atoms with Crippen LogP contribution in [0.15, 0.2) is 53.6 Å². The van der Waals surface area contributed by atoms with E-state index < -0.39 is 10.8 Å². The highest BCUT2D eigenvalue weighted by molar-refractivity contribution is 5.95. The van der Waals surface area contributed by atoms with Gasteiger partial charge in [0.05, 0.1) is 23.3 Å². The number of para-hydroxylation sites is 1. The van der Waals surface area contributed by atoms with Gasteiger partial charge in [-0.3, -0.25) is 14.9 Å². The fourth-order valence-corrected chi connectivity index (χ4v) is 2.10. The Kier molecular flexibility index (Phi) is 6.84. The number of hydrazone groups is 1. The Bertz CT molecular complexity index is 786. The number of carbonyl (C=O) groups excluding carboxylic acids is 1. The minimum Gasteiger partial charge on any atom is -0.494 e. The highest BCUT2D eigenvalue weighted by Gasteiger charge is 2.10. The number of carbonyl (C=O) groups is 1. The van der Waals surface area contributed by atoms with E-state index in [9.17, 15) is 14.9 Å². The fraction of sp³-hybridized carbons (Fsp3) is 0.263. The van der Waals surface area contributed by atoms with Gasteiger partial charge in [0, 0.05) is 11.6 Å². The van der Waals surface area contributed by atoms with Crippen LogP contribution in [-0.2, 0) is 0 Å². The van der Waals surface area contributed by atoms with Gasteiger partial charge < -0.3 is 4.74 Å². The molecular weight excluding hydrogens is 334 g/mol. The van der Waals surface area contributed by atoms with Crippen molar-refractivity contribution in [2.45, 2.75) is 20.3 Å². The predicted molar refractivity (Wildman–Crippen MR) is 99.5 cm³/mol. The lowest BCUT2D eigenvalue weighted by Crippen LogP contribution is -2.17. The minimum atomic E-state index is -0.499. The number of nitro groups is 1. The third-order valence-corrected chi connectivity index (χ3v) is 3.58. The Morgan fingerprint density at radius 3 is 2.58 bits per heavy atom. The monoisotopic (exact) mass is 355 g/mol. The third kappa shape index (κ3) is 5.70. The number of nitrogens with one attached hydrogen (secondary N) is 1. The molecule has 0 aliphatic rings. The van der Waals surface area contributed by atoms with Crippen LogP contribution in [0.5, 0.6) is 5.75 Å². The predicted octanol–water partition coefficient (Wildman–Crippen LogP) is 3.78. The molecule has 26 heavy (non-hydrogen) atoms. The zero-order valence-electron chi connectivity index (χ0n) is 14.7. The van der Waals surface area contributed by atoms with Crippen LogP contribution in [0.1, 0.15) is 36.2 Å². The second-order valence-electron chi connectivity index (χ2n) is 6.07. The molecule has 0 heterocycles. The van der Waals surface area contributed by atoms with Crippen LogP contribution < -0.4 is 10.2 Å². The Morgan fingerprint density at radius 2 is 1.92 bits per heavy atom. The van der Waals surface area contributed by atoms with E-state index in [4.69, 9.17) is 4.74 Å². The van der Waals surface area contributed by atoms with E-state index >= 15 is 0 Å². The van der Waals surface area contributed by atoms with E-state index in [0.717, 1.165) is 6.42 Å². The van der Waals surface area contributed by atoms with Crippen molar-refractivity contribution in [3.63, 3.8) is 0 Å². The van der Waals surface area contributed by atoms with Gasteiger partial charge in [0.25, 0.3) is 11.6 Å². The molecule has 0 spiro atoms. The van der Waals surface area contributed by atoms with Crippen LogP contribution >= 0.6 is 0 Å². The maximum absolute atomic E-state index is 12.1. The highest BCUT2D eigenvalue weighted by Crippen LogP contribution is 2.15. The number of nitrogens with zero attached hydrogens (tertiary/aromatic N) is 2. The molecule has 1 amide bonds. The molecule has 1 N–H and O–H groups in total. The van der Waals surface area contributed by atoms with E-state index in [1.54, 1.807) is 42.5 Å². The number of ether oxygens (including phenoxy) is 1. The topological polar surface area (TPSA) is 93.8 Å². The molecule has 0 unspecified atom stereocenters. The average Bonchev–Trinajstić information content (AvgIpc) is 2.62. The van der Waals surface area contributed by atoms with Crippen molar-refractivity contribution < 1.29 is 14.5 Å². The molecule has 136 valence electrons. The van der Waals surface area contributed by atoms with Gasteiger partial charge in [-0.1, -0.05) is 26.0 Å². The summed E-state index contributed by atoms with van der Waals surface area (Å²) in [5.41, 5.74) is 3.01. The summed E-state index contributed by atoms with van der Waals surface area (Å²) in [7, 11) is 0. The number of hydrogen-bond donors (Lipinski definition) is 1. The van der Waals surface area contributed by atoms with Gasteiger partial charge in [0.1, 0.15) is 5.75 Å². The summed E-state index contributed by atoms with van der Waals surface area (Å²) < 4.78 is 5.60. The van der Waals surface area contributed by atoms with Crippen LogP contribution in [0, 0.1) is 16.0 Å². The average molecular weight is 355 g/mol. The quantitative estimate of drug-likeness (QED) is 0.443. The first-order chi connectivity index (χ1) is 12.5. The molecule has 0 bridgehead atoms. The van der Waals surface area contributed by atoms with Crippen LogP contribution in [0.2, 0.25) is 0 Å². The van der Waals surface area contributed by atoms with Crippen molar-refractivity contribution in [3.05, 3.63) is 69.8 Å². The Morgan fingerprint density at radius 1 is 1.23 bits per heavy atom. The summed E-state index contributed by atoms with van der Waals surface area (Å²) in [5, 5.41) is 14.7. The summed E-state index contributed by atoms with van der Waals surface area (Å²) >= 11 is 0. The second-order valence-corrected chi connectivity index (χ2v) is 6.07. The van der Waals surface area contributed by atoms with Crippen LogP contribution in [0.3, 0.4) is 0 Å². The molecule has 0 aromatic heterocycles. The summed E-state index contributed by atoms with van der Waals surface area (Å²) in [6, 6.07) is 12.9. The molecule has 0 aliphatic carbocycles. The van der Waals surface area contributed by atoms with Crippen molar-refractivity contribution in [1.82, 2.24) is 5.43 Å². The first kappa shape index (κ1) is 19.1. The lowest BCUT2D eigenvalue weighted by atomic mass is 10.1. The summed E-state index contributed by atoms with van der Waals surface area (Å²) in [6.45, 7) is 4.88. The van der Waals surface area contributed by atoms with Gasteiger partial charge in [-0.2, -0.15) is 5.10 Å². The molecule has 2 aromatic rings. The summed E-state index contributed by atoms with van der Waals surface area (Å²) in [5.74, 6) is 0.859. The third-order valence-electron chi connectivity index (χ3n) is 3.58. The normalized spacial score (nSPS) is 10.9. The smallest absolute Gasteiger partial charge is 0.278 e. The van der Waals surface area contributed by atoms with Gasteiger partial charge in [-0.05, 0) is 42.7 Å². The molecule has 7 heteroatoms. The first-order valence-electron chi connectivity index (χ1n) is 8.27. The Hall–Kier alpha value is -3.22. The SMILES string of the molecule is CC(C)CCOc1ccc(C(=O)NN=Cc2ccccc2[N+](=O)[O-])cc1. The van der Waals surface area contributed by atoms with Crippen LogP contribution in [0.4, 0.5) is 5.69 Å². The maximum Gasteiger partial charge on any atom is 0.278 e. The van der Waals surface area contributed by atoms with E-state index in [-0.39, 0.29) is 5.69 Å². The van der Waals surface area contributed by atoms with E-state index in [1.165, 1.54) is 12.3 Å². The largest absolute Gasteiger partial charge is 0.494 e. The highest BCUT2D eigenvalue weighted by atomic mass is 16.6. The standard InChI is InChI=1S/C19H21N3O4/c1-14(2)11-12-26-17-9-7-15(8-10-17)19(23)21-20-13-16-5-3-4-6-18(16)22(24)25/h3-10,13-14H,11-12H2,1-2H3,(H,21,23). The second kappa shape index (κ2) is 9.31. The molecule has 2 aromatic carbocycles. The fourth-order valence-electron chi connectivity index (χ4n) is 2.10.